The molecule has 0 aliphatic carbocycles. The van der Waals surface area contributed by atoms with E-state index in [0.717, 1.165) is 0 Å². The summed E-state index contributed by atoms with van der Waals surface area (Å²) in [6.45, 7) is 5.75. The van der Waals surface area contributed by atoms with Crippen molar-refractivity contribution in [1.82, 2.24) is 10.2 Å². The van der Waals surface area contributed by atoms with Crippen LogP contribution in [-0.4, -0.2) is 26.8 Å². The smallest absolute Gasteiger partial charge is 0.314 e. The van der Waals surface area contributed by atoms with Crippen LogP contribution in [0.2, 0.25) is 0 Å². The maximum atomic E-state index is 11.4. The lowest BCUT2D eigenvalue weighted by molar-refractivity contribution is -0.386. The first-order valence-electron chi connectivity index (χ1n) is 8.59. The SMILES string of the molecule is CCOc1cc([C@@H]2C(C#N)=C(N)Oc3n[nH]c(C(C)C)c32)cc([N+](=O)[O-])c1O. The molecule has 2 aromatic rings. The van der Waals surface area contributed by atoms with Crippen LogP contribution < -0.4 is 15.2 Å². The fourth-order valence-corrected chi connectivity index (χ4v) is 3.23. The van der Waals surface area contributed by atoms with Crippen molar-refractivity contribution in [2.45, 2.75) is 32.6 Å². The van der Waals surface area contributed by atoms with Crippen LogP contribution in [0.4, 0.5) is 5.69 Å². The number of nitriles is 1. The number of nitro benzene ring substituents is 1. The van der Waals surface area contributed by atoms with Crippen LogP contribution in [0.25, 0.3) is 0 Å². The van der Waals surface area contributed by atoms with Gasteiger partial charge in [0.1, 0.15) is 11.6 Å². The highest BCUT2D eigenvalue weighted by atomic mass is 16.6. The van der Waals surface area contributed by atoms with Gasteiger partial charge in [-0.2, -0.15) is 5.26 Å². The second-order valence-corrected chi connectivity index (χ2v) is 6.51. The lowest BCUT2D eigenvalue weighted by atomic mass is 9.82. The molecule has 0 saturated heterocycles. The minimum absolute atomic E-state index is 0.0140. The number of nitrogens with one attached hydrogen (secondary N) is 1. The summed E-state index contributed by atoms with van der Waals surface area (Å²) in [6, 6.07) is 4.70. The zero-order valence-electron chi connectivity index (χ0n) is 15.5. The molecule has 1 aliphatic heterocycles. The standard InChI is InChI=1S/C18H19N5O5/c1-4-27-12-6-9(5-11(16(12)24)23(25)26)13-10(7-19)17(20)28-18-14(13)15(8(2)3)21-22-18/h5-6,8,13,24H,4,20H2,1-3H3,(H,21,22)/t13-/m1/s1. The van der Waals surface area contributed by atoms with Crippen molar-refractivity contribution in [2.75, 3.05) is 6.61 Å². The Labute approximate surface area is 160 Å². The average Bonchev–Trinajstić information content (AvgIpc) is 3.05. The van der Waals surface area contributed by atoms with E-state index >= 15 is 0 Å². The number of hydrogen-bond donors (Lipinski definition) is 3. The number of rotatable bonds is 5. The zero-order chi connectivity index (χ0) is 20.6. The number of nitro groups is 1. The van der Waals surface area contributed by atoms with E-state index in [9.17, 15) is 20.5 Å². The van der Waals surface area contributed by atoms with Crippen molar-refractivity contribution in [2.24, 2.45) is 5.73 Å². The summed E-state index contributed by atoms with van der Waals surface area (Å²) < 4.78 is 10.8. The van der Waals surface area contributed by atoms with E-state index in [1.165, 1.54) is 12.1 Å². The highest BCUT2D eigenvalue weighted by Gasteiger charge is 2.37. The van der Waals surface area contributed by atoms with Gasteiger partial charge in [-0.15, -0.1) is 5.10 Å². The van der Waals surface area contributed by atoms with E-state index in [1.54, 1.807) is 6.92 Å². The molecule has 0 spiro atoms. The Morgan fingerprint density at radius 2 is 2.25 bits per heavy atom. The maximum absolute atomic E-state index is 11.4. The van der Waals surface area contributed by atoms with Gasteiger partial charge in [0.2, 0.25) is 17.5 Å². The van der Waals surface area contributed by atoms with Crippen molar-refractivity contribution in [3.05, 3.63) is 50.5 Å². The van der Waals surface area contributed by atoms with E-state index in [-0.39, 0.29) is 35.6 Å². The van der Waals surface area contributed by atoms with Crippen molar-refractivity contribution >= 4 is 5.69 Å². The molecule has 1 aliphatic rings. The third-order valence-electron chi connectivity index (χ3n) is 4.45. The van der Waals surface area contributed by atoms with E-state index in [0.29, 0.717) is 16.8 Å². The number of hydrogen-bond acceptors (Lipinski definition) is 8. The molecule has 1 aromatic heterocycles. The maximum Gasteiger partial charge on any atom is 0.314 e. The second-order valence-electron chi connectivity index (χ2n) is 6.51. The lowest BCUT2D eigenvalue weighted by Crippen LogP contribution is -2.21. The van der Waals surface area contributed by atoms with Crippen LogP contribution in [-0.2, 0) is 0 Å². The zero-order valence-corrected chi connectivity index (χ0v) is 15.5. The van der Waals surface area contributed by atoms with Gasteiger partial charge in [0.25, 0.3) is 0 Å². The minimum Gasteiger partial charge on any atom is -0.500 e. The molecule has 2 heterocycles. The molecule has 10 heteroatoms. The van der Waals surface area contributed by atoms with Crippen LogP contribution in [0.15, 0.2) is 23.6 Å². The molecule has 0 fully saturated rings. The Hall–Kier alpha value is -3.74. The molecule has 0 amide bonds. The van der Waals surface area contributed by atoms with Gasteiger partial charge in [0.15, 0.2) is 5.75 Å². The fourth-order valence-electron chi connectivity index (χ4n) is 3.23. The van der Waals surface area contributed by atoms with Crippen molar-refractivity contribution in [3.63, 3.8) is 0 Å². The number of ether oxygens (including phenoxy) is 2. The van der Waals surface area contributed by atoms with Gasteiger partial charge in [-0.25, -0.2) is 0 Å². The topological polar surface area (TPSA) is 160 Å². The number of H-pyrrole nitrogens is 1. The van der Waals surface area contributed by atoms with Gasteiger partial charge in [-0.3, -0.25) is 15.2 Å². The Kier molecular flexibility index (Phi) is 4.83. The van der Waals surface area contributed by atoms with Crippen LogP contribution >= 0.6 is 0 Å². The van der Waals surface area contributed by atoms with Gasteiger partial charge in [-0.1, -0.05) is 13.8 Å². The molecule has 0 saturated carbocycles. The normalized spacial score (nSPS) is 15.8. The molecule has 0 radical (unpaired) electrons. The largest absolute Gasteiger partial charge is 0.500 e. The number of phenolic OH excluding ortho intramolecular Hbond substituents is 1. The molecule has 3 rings (SSSR count). The van der Waals surface area contributed by atoms with Crippen molar-refractivity contribution in [1.29, 1.82) is 5.26 Å². The molecule has 4 N–H and O–H groups in total. The first kappa shape index (κ1) is 19.0. The number of aromatic amines is 1. The molecule has 0 bridgehead atoms. The summed E-state index contributed by atoms with van der Waals surface area (Å²) in [7, 11) is 0. The number of aromatic hydroxyl groups is 1. The Morgan fingerprint density at radius 3 is 2.82 bits per heavy atom. The quantitative estimate of drug-likeness (QED) is 0.523. The number of nitrogens with two attached hydrogens (primary N) is 1. The van der Waals surface area contributed by atoms with Gasteiger partial charge in [-0.05, 0) is 24.5 Å². The summed E-state index contributed by atoms with van der Waals surface area (Å²) in [5.41, 5.74) is 7.13. The van der Waals surface area contributed by atoms with Crippen LogP contribution in [0.5, 0.6) is 17.4 Å². The number of aromatic nitrogens is 2. The first-order chi connectivity index (χ1) is 13.3. The minimum atomic E-state index is -0.761. The molecule has 0 unspecified atom stereocenters. The Balaban J connectivity index is 2.32. The van der Waals surface area contributed by atoms with Gasteiger partial charge >= 0.3 is 5.69 Å². The molecular weight excluding hydrogens is 366 g/mol. The van der Waals surface area contributed by atoms with Crippen molar-refractivity contribution < 1.29 is 19.5 Å². The van der Waals surface area contributed by atoms with Crippen LogP contribution in [0.3, 0.4) is 0 Å². The van der Waals surface area contributed by atoms with E-state index < -0.39 is 22.3 Å². The Bertz CT molecular complexity index is 1020. The number of nitrogens with zero attached hydrogens (tertiary/aromatic N) is 3. The van der Waals surface area contributed by atoms with E-state index in [4.69, 9.17) is 15.2 Å². The number of benzene rings is 1. The van der Waals surface area contributed by atoms with E-state index in [1.807, 2.05) is 19.9 Å². The molecule has 1 atom stereocenters. The monoisotopic (exact) mass is 385 g/mol. The van der Waals surface area contributed by atoms with Crippen molar-refractivity contribution in [3.8, 4) is 23.4 Å². The summed E-state index contributed by atoms with van der Waals surface area (Å²) in [5.74, 6) is -1.29. The van der Waals surface area contributed by atoms with Gasteiger partial charge in [0, 0.05) is 11.8 Å². The highest BCUT2D eigenvalue weighted by Crippen LogP contribution is 2.48. The molecule has 28 heavy (non-hydrogen) atoms. The van der Waals surface area contributed by atoms with Gasteiger partial charge < -0.3 is 20.3 Å². The average molecular weight is 385 g/mol. The van der Waals surface area contributed by atoms with E-state index in [2.05, 4.69) is 10.2 Å². The fraction of sp³-hybridized carbons (Fsp3) is 0.333. The third-order valence-corrected chi connectivity index (χ3v) is 4.45. The Morgan fingerprint density at radius 1 is 1.54 bits per heavy atom. The first-order valence-corrected chi connectivity index (χ1v) is 8.59. The highest BCUT2D eigenvalue weighted by molar-refractivity contribution is 5.63. The number of phenols is 1. The summed E-state index contributed by atoms with van der Waals surface area (Å²) in [4.78, 5) is 10.7. The molecule has 10 nitrogen and oxygen atoms in total. The number of fused-ring (bicyclic) bond motifs is 1. The molecular formula is C18H19N5O5. The van der Waals surface area contributed by atoms with Gasteiger partial charge in [0.05, 0.1) is 23.0 Å². The lowest BCUT2D eigenvalue weighted by Gasteiger charge is -2.25. The summed E-state index contributed by atoms with van der Waals surface area (Å²) in [5, 5.41) is 38.3. The third kappa shape index (κ3) is 2.96. The molecule has 146 valence electrons. The summed E-state index contributed by atoms with van der Waals surface area (Å²) in [6.07, 6.45) is 0. The molecule has 1 aromatic carbocycles. The predicted molar refractivity (Wildman–Crippen MR) is 97.9 cm³/mol. The number of allylic oxidation sites excluding steroid dienone is 1. The van der Waals surface area contributed by atoms with Crippen LogP contribution in [0.1, 0.15) is 49.4 Å². The second kappa shape index (κ2) is 7.11. The van der Waals surface area contributed by atoms with Crippen LogP contribution in [0, 0.1) is 21.4 Å². The predicted octanol–water partition coefficient (Wildman–Crippen LogP) is 2.76. The summed E-state index contributed by atoms with van der Waals surface area (Å²) >= 11 is 0.